The number of alkyl halides is 3. The third-order valence-corrected chi connectivity index (χ3v) is 2.88. The molecular weight excluding hydrogens is 271 g/mol. The molecule has 4 nitrogen and oxygen atoms in total. The number of benzene rings is 1. The van der Waals surface area contributed by atoms with E-state index in [1.165, 1.54) is 0 Å². The first-order chi connectivity index (χ1) is 9.37. The molecule has 0 saturated heterocycles. The summed E-state index contributed by atoms with van der Waals surface area (Å²) in [5.74, 6) is 0.220. The molecule has 7 heteroatoms. The first-order valence-electron chi connectivity index (χ1n) is 6.06. The number of ketones is 1. The number of hydrogen-bond donors (Lipinski definition) is 1. The molecular formula is C13H14F3N3O. The van der Waals surface area contributed by atoms with Gasteiger partial charge in [0, 0.05) is 7.05 Å². The number of aryl methyl sites for hydroxylation is 1. The third kappa shape index (κ3) is 3.57. The van der Waals surface area contributed by atoms with Crippen LogP contribution < -0.4 is 5.32 Å². The maximum atomic E-state index is 11.9. The van der Waals surface area contributed by atoms with E-state index in [0.29, 0.717) is 5.82 Å². The molecule has 0 aliphatic carbocycles. The topological polar surface area (TPSA) is 46.9 Å². The zero-order chi connectivity index (χ0) is 14.8. The Kier molecular flexibility index (Phi) is 4.08. The van der Waals surface area contributed by atoms with Crippen molar-refractivity contribution in [2.45, 2.75) is 12.6 Å². The molecule has 108 valence electrons. The van der Waals surface area contributed by atoms with Crippen LogP contribution in [0.15, 0.2) is 24.3 Å². The second kappa shape index (κ2) is 5.62. The number of aromatic nitrogens is 2. The zero-order valence-corrected chi connectivity index (χ0v) is 10.9. The van der Waals surface area contributed by atoms with Gasteiger partial charge in [0.05, 0.1) is 30.5 Å². The largest absolute Gasteiger partial charge is 0.401 e. The molecule has 1 aromatic carbocycles. The van der Waals surface area contributed by atoms with Gasteiger partial charge in [-0.3, -0.25) is 4.79 Å². The minimum atomic E-state index is -4.31. The van der Waals surface area contributed by atoms with Gasteiger partial charge in [-0.15, -0.1) is 0 Å². The van der Waals surface area contributed by atoms with E-state index in [-0.39, 0.29) is 18.7 Å². The minimum Gasteiger partial charge on any atom is -0.331 e. The number of para-hydroxylation sites is 2. The first-order valence-corrected chi connectivity index (χ1v) is 6.06. The number of rotatable bonds is 5. The van der Waals surface area contributed by atoms with Crippen LogP contribution in [-0.2, 0) is 18.3 Å². The normalized spacial score (nSPS) is 12.0. The Morgan fingerprint density at radius 1 is 1.35 bits per heavy atom. The first kappa shape index (κ1) is 14.5. The summed E-state index contributed by atoms with van der Waals surface area (Å²) in [7, 11) is 1.78. The predicted octanol–water partition coefficient (Wildman–Crippen LogP) is 1.84. The summed E-state index contributed by atoms with van der Waals surface area (Å²) < 4.78 is 37.6. The molecule has 1 aromatic heterocycles. The van der Waals surface area contributed by atoms with Crippen molar-refractivity contribution in [3.05, 3.63) is 30.1 Å². The summed E-state index contributed by atoms with van der Waals surface area (Å²) in [5, 5.41) is 2.09. The molecule has 0 unspecified atom stereocenters. The summed E-state index contributed by atoms with van der Waals surface area (Å²) in [5.41, 5.74) is 1.65. The molecule has 0 atom stereocenters. The number of fused-ring (bicyclic) bond motifs is 1. The Morgan fingerprint density at radius 3 is 2.70 bits per heavy atom. The van der Waals surface area contributed by atoms with Gasteiger partial charge in [0.1, 0.15) is 5.82 Å². The van der Waals surface area contributed by atoms with Gasteiger partial charge in [0.2, 0.25) is 0 Å². The highest BCUT2D eigenvalue weighted by atomic mass is 19.4. The van der Waals surface area contributed by atoms with E-state index >= 15 is 0 Å². The lowest BCUT2D eigenvalue weighted by molar-refractivity contribution is -0.127. The van der Waals surface area contributed by atoms with E-state index in [0.717, 1.165) is 11.0 Å². The molecule has 0 aliphatic heterocycles. The van der Waals surface area contributed by atoms with Crippen LogP contribution in [0.1, 0.15) is 5.82 Å². The molecule has 0 spiro atoms. The average Bonchev–Trinajstić information content (AvgIpc) is 2.65. The fraction of sp³-hybridized carbons (Fsp3) is 0.385. The standard InChI is InChI=1S/C13H14F3N3O/c1-19-11-5-3-2-4-10(11)18-12(19)6-9(20)7-17-8-13(14,15)16/h2-5,17H,6-8H2,1H3. The second-order valence-corrected chi connectivity index (χ2v) is 4.51. The van der Waals surface area contributed by atoms with Crippen LogP contribution in [0.3, 0.4) is 0 Å². The van der Waals surface area contributed by atoms with Gasteiger partial charge in [-0.1, -0.05) is 12.1 Å². The summed E-state index contributed by atoms with van der Waals surface area (Å²) >= 11 is 0. The summed E-state index contributed by atoms with van der Waals surface area (Å²) in [6, 6.07) is 7.40. The number of carbonyl (C=O) groups is 1. The van der Waals surface area contributed by atoms with Crippen molar-refractivity contribution in [3.8, 4) is 0 Å². The molecule has 2 aromatic rings. The highest BCUT2D eigenvalue weighted by Gasteiger charge is 2.26. The monoisotopic (exact) mass is 285 g/mol. The zero-order valence-electron chi connectivity index (χ0n) is 10.9. The number of nitrogens with zero attached hydrogens (tertiary/aromatic N) is 2. The lowest BCUT2D eigenvalue weighted by Crippen LogP contribution is -2.33. The maximum Gasteiger partial charge on any atom is 0.401 e. The summed E-state index contributed by atoms with van der Waals surface area (Å²) in [4.78, 5) is 15.9. The number of hydrogen-bond acceptors (Lipinski definition) is 3. The predicted molar refractivity (Wildman–Crippen MR) is 68.3 cm³/mol. The lowest BCUT2D eigenvalue weighted by atomic mass is 10.2. The smallest absolute Gasteiger partial charge is 0.331 e. The van der Waals surface area contributed by atoms with Crippen LogP contribution in [0.5, 0.6) is 0 Å². The Morgan fingerprint density at radius 2 is 2.05 bits per heavy atom. The van der Waals surface area contributed by atoms with Gasteiger partial charge in [-0.05, 0) is 12.1 Å². The molecule has 1 N–H and O–H groups in total. The Hall–Kier alpha value is -1.89. The molecule has 1 heterocycles. The quantitative estimate of drug-likeness (QED) is 0.912. The van der Waals surface area contributed by atoms with Crippen LogP contribution in [0.4, 0.5) is 13.2 Å². The SMILES string of the molecule is Cn1c(CC(=O)CNCC(F)(F)F)nc2ccccc21. The number of Topliss-reactive ketones (excluding diaryl/α,β-unsaturated/α-hetero) is 1. The van der Waals surface area contributed by atoms with E-state index in [9.17, 15) is 18.0 Å². The Labute approximate surface area is 113 Å². The van der Waals surface area contributed by atoms with Crippen molar-refractivity contribution < 1.29 is 18.0 Å². The maximum absolute atomic E-state index is 11.9. The van der Waals surface area contributed by atoms with Crippen LogP contribution in [-0.4, -0.2) is 34.6 Å². The van der Waals surface area contributed by atoms with Crippen molar-refractivity contribution in [1.29, 1.82) is 0 Å². The molecule has 0 fully saturated rings. The average molecular weight is 285 g/mol. The third-order valence-electron chi connectivity index (χ3n) is 2.88. The van der Waals surface area contributed by atoms with Crippen molar-refractivity contribution in [2.75, 3.05) is 13.1 Å². The van der Waals surface area contributed by atoms with Gasteiger partial charge >= 0.3 is 6.18 Å². The van der Waals surface area contributed by atoms with E-state index in [2.05, 4.69) is 10.3 Å². The van der Waals surface area contributed by atoms with Crippen LogP contribution in [0.2, 0.25) is 0 Å². The van der Waals surface area contributed by atoms with E-state index in [1.807, 2.05) is 24.3 Å². The molecule has 0 bridgehead atoms. The van der Waals surface area contributed by atoms with Crippen LogP contribution >= 0.6 is 0 Å². The Bertz CT molecular complexity index is 619. The summed E-state index contributed by atoms with van der Waals surface area (Å²) in [6.07, 6.45) is -4.30. The van der Waals surface area contributed by atoms with Gasteiger partial charge in [-0.2, -0.15) is 13.2 Å². The van der Waals surface area contributed by atoms with Crippen molar-refractivity contribution in [1.82, 2.24) is 14.9 Å². The molecule has 2 rings (SSSR count). The molecule has 20 heavy (non-hydrogen) atoms. The van der Waals surface area contributed by atoms with Crippen molar-refractivity contribution >= 4 is 16.8 Å². The van der Waals surface area contributed by atoms with Gasteiger partial charge < -0.3 is 9.88 Å². The van der Waals surface area contributed by atoms with E-state index < -0.39 is 12.7 Å². The molecule has 0 saturated carbocycles. The number of imidazole rings is 1. The highest BCUT2D eigenvalue weighted by molar-refractivity contribution is 5.84. The second-order valence-electron chi connectivity index (χ2n) is 4.51. The Balaban J connectivity index is 1.98. The minimum absolute atomic E-state index is 0.00996. The van der Waals surface area contributed by atoms with Gasteiger partial charge in [0.25, 0.3) is 0 Å². The van der Waals surface area contributed by atoms with Crippen molar-refractivity contribution in [2.24, 2.45) is 7.05 Å². The molecule has 0 amide bonds. The van der Waals surface area contributed by atoms with Gasteiger partial charge in [-0.25, -0.2) is 4.98 Å². The highest BCUT2D eigenvalue weighted by Crippen LogP contribution is 2.15. The fourth-order valence-electron chi connectivity index (χ4n) is 1.94. The molecule has 0 radical (unpaired) electrons. The lowest BCUT2D eigenvalue weighted by Gasteiger charge is -2.07. The number of carbonyl (C=O) groups excluding carboxylic acids is 1. The van der Waals surface area contributed by atoms with Gasteiger partial charge in [0.15, 0.2) is 5.78 Å². The van der Waals surface area contributed by atoms with Crippen LogP contribution in [0, 0.1) is 0 Å². The van der Waals surface area contributed by atoms with E-state index in [1.54, 1.807) is 11.6 Å². The fourth-order valence-corrected chi connectivity index (χ4v) is 1.94. The summed E-state index contributed by atoms with van der Waals surface area (Å²) in [6.45, 7) is -1.48. The van der Waals surface area contributed by atoms with E-state index in [4.69, 9.17) is 0 Å². The van der Waals surface area contributed by atoms with Crippen LogP contribution in [0.25, 0.3) is 11.0 Å². The van der Waals surface area contributed by atoms with Crippen molar-refractivity contribution in [3.63, 3.8) is 0 Å². The number of nitrogens with one attached hydrogen (secondary N) is 1. The molecule has 0 aliphatic rings. The number of halogens is 3.